The van der Waals surface area contributed by atoms with Crippen molar-refractivity contribution >= 4 is 5.91 Å². The summed E-state index contributed by atoms with van der Waals surface area (Å²) in [5.74, 6) is -0.147. The van der Waals surface area contributed by atoms with Gasteiger partial charge in [0, 0.05) is 12.1 Å². The van der Waals surface area contributed by atoms with Gasteiger partial charge in [-0.3, -0.25) is 4.79 Å². The summed E-state index contributed by atoms with van der Waals surface area (Å²) in [6.07, 6.45) is -0.521. The third-order valence-corrected chi connectivity index (χ3v) is 2.57. The molecule has 0 aromatic heterocycles. The number of carbonyl (C=O) groups excluding carboxylic acids is 1. The standard InChI is InChI=1S/C14H21NO2/c1-10(16)9-15-13(17)11-5-7-12(8-6-11)14(2,3)4/h5-8,10,16H,9H2,1-4H3,(H,15,17)/t10-/m1/s1. The van der Waals surface area contributed by atoms with Crippen LogP contribution < -0.4 is 5.32 Å². The molecular weight excluding hydrogens is 214 g/mol. The van der Waals surface area contributed by atoms with Gasteiger partial charge in [0.1, 0.15) is 0 Å². The Morgan fingerprint density at radius 2 is 1.82 bits per heavy atom. The Bertz CT molecular complexity index is 374. The van der Waals surface area contributed by atoms with E-state index in [2.05, 4.69) is 26.1 Å². The maximum atomic E-state index is 11.7. The van der Waals surface area contributed by atoms with Crippen molar-refractivity contribution in [3.63, 3.8) is 0 Å². The smallest absolute Gasteiger partial charge is 0.251 e. The Morgan fingerprint density at radius 3 is 2.24 bits per heavy atom. The molecule has 0 bridgehead atoms. The highest BCUT2D eigenvalue weighted by Gasteiger charge is 2.14. The first-order valence-corrected chi connectivity index (χ1v) is 5.87. The Balaban J connectivity index is 2.71. The van der Waals surface area contributed by atoms with Crippen LogP contribution in [0.2, 0.25) is 0 Å². The Labute approximate surface area is 103 Å². The third-order valence-electron chi connectivity index (χ3n) is 2.57. The monoisotopic (exact) mass is 235 g/mol. The first-order chi connectivity index (χ1) is 7.80. The molecule has 0 spiro atoms. The highest BCUT2D eigenvalue weighted by molar-refractivity contribution is 5.94. The minimum absolute atomic E-state index is 0.0919. The predicted octanol–water partition coefficient (Wildman–Crippen LogP) is 2.09. The molecule has 3 nitrogen and oxygen atoms in total. The lowest BCUT2D eigenvalue weighted by Crippen LogP contribution is -2.30. The number of amides is 1. The van der Waals surface area contributed by atoms with Gasteiger partial charge in [-0.05, 0) is 30.0 Å². The first-order valence-electron chi connectivity index (χ1n) is 5.87. The molecule has 0 aliphatic carbocycles. The Kier molecular flexibility index (Phi) is 4.29. The fourth-order valence-corrected chi connectivity index (χ4v) is 1.46. The molecule has 0 saturated heterocycles. The van der Waals surface area contributed by atoms with Crippen LogP contribution in [0, 0.1) is 0 Å². The second-order valence-corrected chi connectivity index (χ2v) is 5.39. The molecule has 0 aliphatic heterocycles. The van der Waals surface area contributed by atoms with E-state index in [1.807, 2.05) is 24.3 Å². The summed E-state index contributed by atoms with van der Waals surface area (Å²) in [6, 6.07) is 7.57. The molecule has 0 aliphatic rings. The highest BCUT2D eigenvalue weighted by Crippen LogP contribution is 2.22. The topological polar surface area (TPSA) is 49.3 Å². The van der Waals surface area contributed by atoms with Gasteiger partial charge < -0.3 is 10.4 Å². The van der Waals surface area contributed by atoms with Crippen LogP contribution in [0.5, 0.6) is 0 Å². The van der Waals surface area contributed by atoms with Crippen molar-refractivity contribution in [2.75, 3.05) is 6.54 Å². The number of hydrogen-bond donors (Lipinski definition) is 2. The zero-order valence-corrected chi connectivity index (χ0v) is 10.9. The molecule has 0 radical (unpaired) electrons. The van der Waals surface area contributed by atoms with Crippen molar-refractivity contribution < 1.29 is 9.90 Å². The van der Waals surface area contributed by atoms with Gasteiger partial charge in [0.25, 0.3) is 5.91 Å². The summed E-state index contributed by atoms with van der Waals surface area (Å²) in [4.78, 5) is 11.7. The number of rotatable bonds is 3. The Morgan fingerprint density at radius 1 is 1.29 bits per heavy atom. The van der Waals surface area contributed by atoms with Crippen molar-refractivity contribution in [2.45, 2.75) is 39.2 Å². The molecule has 0 heterocycles. The van der Waals surface area contributed by atoms with Crippen molar-refractivity contribution in [3.05, 3.63) is 35.4 Å². The lowest BCUT2D eigenvalue weighted by molar-refractivity contribution is 0.0924. The molecule has 94 valence electrons. The quantitative estimate of drug-likeness (QED) is 0.843. The minimum Gasteiger partial charge on any atom is -0.392 e. The summed E-state index contributed by atoms with van der Waals surface area (Å²) in [5.41, 5.74) is 1.91. The fourth-order valence-electron chi connectivity index (χ4n) is 1.46. The van der Waals surface area contributed by atoms with E-state index in [1.165, 1.54) is 5.56 Å². The number of carbonyl (C=O) groups is 1. The molecule has 0 unspecified atom stereocenters. The molecule has 1 aromatic rings. The molecule has 0 saturated carbocycles. The number of aliphatic hydroxyl groups is 1. The van der Waals surface area contributed by atoms with E-state index < -0.39 is 6.10 Å². The molecule has 1 aromatic carbocycles. The van der Waals surface area contributed by atoms with E-state index >= 15 is 0 Å². The van der Waals surface area contributed by atoms with E-state index in [4.69, 9.17) is 5.11 Å². The zero-order valence-electron chi connectivity index (χ0n) is 10.9. The molecule has 2 N–H and O–H groups in total. The second-order valence-electron chi connectivity index (χ2n) is 5.39. The lowest BCUT2D eigenvalue weighted by Gasteiger charge is -2.19. The molecule has 17 heavy (non-hydrogen) atoms. The van der Waals surface area contributed by atoms with Gasteiger partial charge in [-0.15, -0.1) is 0 Å². The fraction of sp³-hybridized carbons (Fsp3) is 0.500. The maximum Gasteiger partial charge on any atom is 0.251 e. The van der Waals surface area contributed by atoms with Crippen LogP contribution >= 0.6 is 0 Å². The van der Waals surface area contributed by atoms with Gasteiger partial charge in [0.05, 0.1) is 6.10 Å². The van der Waals surface area contributed by atoms with Crippen molar-refractivity contribution in [1.82, 2.24) is 5.32 Å². The van der Waals surface area contributed by atoms with Crippen LogP contribution in [0.15, 0.2) is 24.3 Å². The van der Waals surface area contributed by atoms with Crippen molar-refractivity contribution in [3.8, 4) is 0 Å². The van der Waals surface area contributed by atoms with Crippen LogP contribution in [-0.2, 0) is 5.41 Å². The number of aliphatic hydroxyl groups excluding tert-OH is 1. The maximum absolute atomic E-state index is 11.7. The summed E-state index contributed by atoms with van der Waals surface area (Å²) in [5, 5.41) is 11.8. The lowest BCUT2D eigenvalue weighted by atomic mass is 9.87. The molecule has 3 heteroatoms. The molecule has 1 amide bonds. The second kappa shape index (κ2) is 5.32. The van der Waals surface area contributed by atoms with Crippen LogP contribution in [0.25, 0.3) is 0 Å². The SMILES string of the molecule is C[C@@H](O)CNC(=O)c1ccc(C(C)(C)C)cc1. The predicted molar refractivity (Wildman–Crippen MR) is 69.2 cm³/mol. The van der Waals surface area contributed by atoms with Crippen LogP contribution in [0.4, 0.5) is 0 Å². The van der Waals surface area contributed by atoms with Gasteiger partial charge in [-0.25, -0.2) is 0 Å². The summed E-state index contributed by atoms with van der Waals surface area (Å²) in [6.45, 7) is 8.32. The van der Waals surface area contributed by atoms with Crippen molar-refractivity contribution in [1.29, 1.82) is 0 Å². The largest absolute Gasteiger partial charge is 0.392 e. The zero-order chi connectivity index (χ0) is 13.1. The number of benzene rings is 1. The third kappa shape index (κ3) is 4.19. The van der Waals surface area contributed by atoms with Crippen LogP contribution in [0.1, 0.15) is 43.6 Å². The van der Waals surface area contributed by atoms with E-state index in [-0.39, 0.29) is 17.9 Å². The molecule has 0 fully saturated rings. The van der Waals surface area contributed by atoms with Crippen LogP contribution in [0.3, 0.4) is 0 Å². The molecule has 1 rings (SSSR count). The molecular formula is C14H21NO2. The van der Waals surface area contributed by atoms with E-state index in [1.54, 1.807) is 6.92 Å². The molecule has 1 atom stereocenters. The average Bonchev–Trinajstić information content (AvgIpc) is 2.25. The summed E-state index contributed by atoms with van der Waals surface area (Å²) >= 11 is 0. The van der Waals surface area contributed by atoms with E-state index in [0.29, 0.717) is 5.56 Å². The van der Waals surface area contributed by atoms with Gasteiger partial charge >= 0.3 is 0 Å². The highest BCUT2D eigenvalue weighted by atomic mass is 16.3. The minimum atomic E-state index is -0.521. The van der Waals surface area contributed by atoms with Gasteiger partial charge in [0.15, 0.2) is 0 Å². The van der Waals surface area contributed by atoms with Gasteiger partial charge in [-0.1, -0.05) is 32.9 Å². The number of nitrogens with one attached hydrogen (secondary N) is 1. The van der Waals surface area contributed by atoms with E-state index in [0.717, 1.165) is 0 Å². The van der Waals surface area contributed by atoms with Gasteiger partial charge in [0.2, 0.25) is 0 Å². The van der Waals surface area contributed by atoms with Crippen LogP contribution in [-0.4, -0.2) is 23.7 Å². The summed E-state index contributed by atoms with van der Waals surface area (Å²) in [7, 11) is 0. The average molecular weight is 235 g/mol. The number of hydrogen-bond acceptors (Lipinski definition) is 2. The van der Waals surface area contributed by atoms with E-state index in [9.17, 15) is 4.79 Å². The Hall–Kier alpha value is -1.35. The normalized spacial score (nSPS) is 13.2. The van der Waals surface area contributed by atoms with Crippen molar-refractivity contribution in [2.24, 2.45) is 0 Å². The first kappa shape index (κ1) is 13.7. The summed E-state index contributed by atoms with van der Waals surface area (Å²) < 4.78 is 0. The van der Waals surface area contributed by atoms with Gasteiger partial charge in [-0.2, -0.15) is 0 Å².